The van der Waals surface area contributed by atoms with Gasteiger partial charge in [-0.25, -0.2) is 0 Å². The SMILES string of the molecule is CCOc1cccc([C@H]2C3=CC[C@@H]4C(=O)N(CCCCCC(=O)O)C(=O)[C@@H]4[C@@H]3CC3=C2C(=O)C=C(C)C3=O)c1O. The van der Waals surface area contributed by atoms with E-state index in [0.717, 1.165) is 5.57 Å². The zero-order valence-corrected chi connectivity index (χ0v) is 22.6. The summed E-state index contributed by atoms with van der Waals surface area (Å²) in [6, 6.07) is 5.06. The molecule has 0 aromatic heterocycles. The largest absolute Gasteiger partial charge is 0.504 e. The summed E-state index contributed by atoms with van der Waals surface area (Å²) in [6.07, 6.45) is 5.35. The third kappa shape index (κ3) is 4.57. The van der Waals surface area contributed by atoms with Gasteiger partial charge in [-0.3, -0.25) is 28.9 Å². The number of hydrogen-bond acceptors (Lipinski definition) is 7. The van der Waals surface area contributed by atoms with Crippen LogP contribution >= 0.6 is 0 Å². The Hall–Kier alpha value is -4.01. The van der Waals surface area contributed by atoms with Crippen LogP contribution in [0.1, 0.15) is 63.9 Å². The summed E-state index contributed by atoms with van der Waals surface area (Å²) in [6.45, 7) is 3.94. The van der Waals surface area contributed by atoms with Gasteiger partial charge in [-0.15, -0.1) is 0 Å². The van der Waals surface area contributed by atoms with E-state index in [9.17, 15) is 29.1 Å². The molecule has 9 nitrogen and oxygen atoms in total. The molecule has 2 N–H and O–H groups in total. The van der Waals surface area contributed by atoms with E-state index >= 15 is 0 Å². The van der Waals surface area contributed by atoms with E-state index in [1.807, 2.05) is 6.08 Å². The minimum atomic E-state index is -0.878. The summed E-state index contributed by atoms with van der Waals surface area (Å²) in [4.78, 5) is 65.9. The fourth-order valence-electron chi connectivity index (χ4n) is 6.79. The number of likely N-dealkylation sites (tertiary alicyclic amines) is 1. The number of carbonyl (C=O) groups excluding carboxylic acids is 4. The number of carboxylic acid groups (broad SMARTS) is 1. The molecular formula is C31H33NO8. The number of para-hydroxylation sites is 1. The number of allylic oxidation sites excluding steroid dienone is 6. The first-order chi connectivity index (χ1) is 19.1. The predicted molar refractivity (Wildman–Crippen MR) is 143 cm³/mol. The van der Waals surface area contributed by atoms with Gasteiger partial charge >= 0.3 is 5.97 Å². The van der Waals surface area contributed by atoms with Crippen molar-refractivity contribution in [3.8, 4) is 11.5 Å². The summed E-state index contributed by atoms with van der Waals surface area (Å²) in [5.41, 5.74) is 2.17. The van der Waals surface area contributed by atoms with Crippen molar-refractivity contribution >= 4 is 29.4 Å². The smallest absolute Gasteiger partial charge is 0.303 e. The lowest BCUT2D eigenvalue weighted by atomic mass is 9.59. The first kappa shape index (κ1) is 27.6. The molecule has 1 aromatic carbocycles. The van der Waals surface area contributed by atoms with E-state index < -0.39 is 29.6 Å². The van der Waals surface area contributed by atoms with Crippen LogP contribution in [0, 0.1) is 17.8 Å². The molecule has 1 aliphatic heterocycles. The molecule has 0 saturated carbocycles. The molecule has 1 saturated heterocycles. The van der Waals surface area contributed by atoms with E-state index in [4.69, 9.17) is 9.84 Å². The van der Waals surface area contributed by atoms with Gasteiger partial charge in [0, 0.05) is 41.2 Å². The number of phenolic OH excluding ortho intramolecular Hbond substituents is 1. The Morgan fingerprint density at radius 1 is 1.07 bits per heavy atom. The maximum Gasteiger partial charge on any atom is 0.303 e. The Morgan fingerprint density at radius 3 is 2.58 bits per heavy atom. The number of benzene rings is 1. The number of fused-ring (bicyclic) bond motifs is 3. The number of Topliss-reactive ketones (excluding diaryl/α,β-unsaturated/α-hetero) is 1. The molecule has 5 rings (SSSR count). The van der Waals surface area contributed by atoms with Gasteiger partial charge in [0.2, 0.25) is 11.8 Å². The summed E-state index contributed by atoms with van der Waals surface area (Å²) in [5, 5.41) is 20.1. The maximum atomic E-state index is 13.7. The van der Waals surface area contributed by atoms with Crippen LogP contribution < -0.4 is 4.74 Å². The Kier molecular flexibility index (Phi) is 7.49. The molecule has 1 heterocycles. The second kappa shape index (κ2) is 10.9. The van der Waals surface area contributed by atoms with Crippen LogP contribution in [-0.4, -0.2) is 57.6 Å². The molecule has 4 atom stereocenters. The number of phenols is 1. The first-order valence-corrected chi connectivity index (χ1v) is 13.9. The summed E-state index contributed by atoms with van der Waals surface area (Å²) in [7, 11) is 0. The number of nitrogens with zero attached hydrogens (tertiary/aromatic N) is 1. The molecule has 40 heavy (non-hydrogen) atoms. The van der Waals surface area contributed by atoms with E-state index in [0.29, 0.717) is 54.6 Å². The molecule has 9 heteroatoms. The molecule has 0 unspecified atom stereocenters. The molecule has 0 radical (unpaired) electrons. The molecular weight excluding hydrogens is 514 g/mol. The van der Waals surface area contributed by atoms with Crippen LogP contribution in [0.2, 0.25) is 0 Å². The number of hydrogen-bond donors (Lipinski definition) is 2. The molecule has 0 bridgehead atoms. The quantitative estimate of drug-likeness (QED) is 0.206. The van der Waals surface area contributed by atoms with Gasteiger partial charge in [0.15, 0.2) is 23.1 Å². The number of ketones is 2. The molecule has 1 fully saturated rings. The van der Waals surface area contributed by atoms with Crippen LogP contribution in [-0.2, 0) is 24.0 Å². The highest BCUT2D eigenvalue weighted by Crippen LogP contribution is 2.56. The lowest BCUT2D eigenvalue weighted by Crippen LogP contribution is -2.39. The van der Waals surface area contributed by atoms with Gasteiger partial charge in [0.05, 0.1) is 18.4 Å². The van der Waals surface area contributed by atoms with Crippen molar-refractivity contribution in [3.63, 3.8) is 0 Å². The normalized spacial score (nSPS) is 25.8. The number of unbranched alkanes of at least 4 members (excludes halogenated alkanes) is 2. The third-order valence-corrected chi connectivity index (χ3v) is 8.57. The fraction of sp³-hybridized carbons (Fsp3) is 0.452. The van der Waals surface area contributed by atoms with Crippen LogP contribution in [0.25, 0.3) is 0 Å². The average Bonchev–Trinajstić information content (AvgIpc) is 3.16. The van der Waals surface area contributed by atoms with Crippen LogP contribution in [0.3, 0.4) is 0 Å². The minimum Gasteiger partial charge on any atom is -0.504 e. The van der Waals surface area contributed by atoms with Gasteiger partial charge in [0.25, 0.3) is 0 Å². The Balaban J connectivity index is 1.52. The first-order valence-electron chi connectivity index (χ1n) is 13.9. The van der Waals surface area contributed by atoms with Crippen molar-refractivity contribution in [1.29, 1.82) is 0 Å². The van der Waals surface area contributed by atoms with Gasteiger partial charge in [-0.2, -0.15) is 0 Å². The molecule has 4 aliphatic rings. The van der Waals surface area contributed by atoms with Crippen molar-refractivity contribution in [2.45, 2.75) is 58.3 Å². The summed E-state index contributed by atoms with van der Waals surface area (Å²) < 4.78 is 5.60. The van der Waals surface area contributed by atoms with Crippen molar-refractivity contribution in [1.82, 2.24) is 4.90 Å². The monoisotopic (exact) mass is 547 g/mol. The number of rotatable bonds is 9. The predicted octanol–water partition coefficient (Wildman–Crippen LogP) is 3.87. The number of amides is 2. The van der Waals surface area contributed by atoms with Crippen LogP contribution in [0.4, 0.5) is 0 Å². The highest BCUT2D eigenvalue weighted by atomic mass is 16.5. The second-order valence-electron chi connectivity index (χ2n) is 10.9. The van der Waals surface area contributed by atoms with Crippen LogP contribution in [0.15, 0.2) is 52.6 Å². The van der Waals surface area contributed by atoms with Gasteiger partial charge in [-0.05, 0) is 57.6 Å². The lowest BCUT2D eigenvalue weighted by Gasteiger charge is -2.42. The van der Waals surface area contributed by atoms with E-state index in [2.05, 4.69) is 0 Å². The van der Waals surface area contributed by atoms with Gasteiger partial charge < -0.3 is 14.9 Å². The Bertz CT molecular complexity index is 1400. The number of aliphatic carboxylic acids is 1. The molecule has 0 spiro atoms. The van der Waals surface area contributed by atoms with E-state index in [1.54, 1.807) is 32.0 Å². The molecule has 2 amide bonds. The Labute approximate surface area is 232 Å². The standard InChI is InChI=1S/C31H33NO8/c1-3-40-23-9-7-8-18(29(23)37)25-17-11-12-19-26(20(17)15-21-27(25)22(33)14-16(2)28(21)36)31(39)32(30(19)38)13-6-4-5-10-24(34)35/h7-9,11,14,19-20,25-26,37H,3-6,10,12-13,15H2,1-2H3,(H,34,35)/t19-,20+,25+,26-/m0/s1. The number of ether oxygens (including phenoxy) is 1. The number of carbonyl (C=O) groups is 5. The minimum absolute atomic E-state index is 0.0410. The van der Waals surface area contributed by atoms with Crippen molar-refractivity contribution in [2.24, 2.45) is 17.8 Å². The number of aromatic hydroxyl groups is 1. The van der Waals surface area contributed by atoms with E-state index in [-0.39, 0.29) is 54.3 Å². The second-order valence-corrected chi connectivity index (χ2v) is 10.9. The van der Waals surface area contributed by atoms with Crippen molar-refractivity contribution in [3.05, 3.63) is 58.2 Å². The molecule has 3 aliphatic carbocycles. The molecule has 1 aromatic rings. The zero-order chi connectivity index (χ0) is 28.7. The average molecular weight is 548 g/mol. The topological polar surface area (TPSA) is 138 Å². The maximum absolute atomic E-state index is 13.7. The highest BCUT2D eigenvalue weighted by molar-refractivity contribution is 6.23. The zero-order valence-electron chi connectivity index (χ0n) is 22.6. The third-order valence-electron chi connectivity index (χ3n) is 8.57. The number of carboxylic acids is 1. The van der Waals surface area contributed by atoms with E-state index in [1.165, 1.54) is 11.0 Å². The lowest BCUT2D eigenvalue weighted by molar-refractivity contribution is -0.141. The Morgan fingerprint density at radius 2 is 1.85 bits per heavy atom. The highest BCUT2D eigenvalue weighted by Gasteiger charge is 2.56. The van der Waals surface area contributed by atoms with Crippen molar-refractivity contribution < 1.29 is 38.9 Å². The summed E-state index contributed by atoms with van der Waals surface area (Å²) in [5.74, 6) is -4.27. The molecule has 210 valence electrons. The summed E-state index contributed by atoms with van der Waals surface area (Å²) >= 11 is 0. The fourth-order valence-corrected chi connectivity index (χ4v) is 6.79. The van der Waals surface area contributed by atoms with Gasteiger partial charge in [-0.1, -0.05) is 30.2 Å². The van der Waals surface area contributed by atoms with Crippen LogP contribution in [0.5, 0.6) is 11.5 Å². The number of imide groups is 1. The van der Waals surface area contributed by atoms with Crippen molar-refractivity contribution in [2.75, 3.05) is 13.2 Å². The van der Waals surface area contributed by atoms with Gasteiger partial charge in [0.1, 0.15) is 0 Å².